The van der Waals surface area contributed by atoms with Crippen molar-refractivity contribution in [2.45, 2.75) is 38.0 Å². The number of imidazole rings is 1. The van der Waals surface area contributed by atoms with Gasteiger partial charge in [0, 0.05) is 47.9 Å². The molecule has 0 unspecified atom stereocenters. The van der Waals surface area contributed by atoms with E-state index in [1.807, 2.05) is 46.6 Å². The van der Waals surface area contributed by atoms with Gasteiger partial charge in [0.15, 0.2) is 0 Å². The van der Waals surface area contributed by atoms with Crippen molar-refractivity contribution in [2.24, 2.45) is 7.05 Å². The molecule has 1 saturated carbocycles. The number of methoxy groups -OCH3 is 1. The molecule has 3 heterocycles. The van der Waals surface area contributed by atoms with Crippen LogP contribution >= 0.6 is 0 Å². The van der Waals surface area contributed by atoms with Crippen LogP contribution < -0.4 is 4.74 Å². The second-order valence-electron chi connectivity index (χ2n) is 9.34. The van der Waals surface area contributed by atoms with Gasteiger partial charge in [-0.15, -0.1) is 0 Å². The fourth-order valence-corrected chi connectivity index (χ4v) is 5.48. The lowest BCUT2D eigenvalue weighted by Crippen LogP contribution is -2.10. The lowest BCUT2D eigenvalue weighted by atomic mass is 9.85. The Morgan fingerprint density at radius 1 is 0.971 bits per heavy atom. The molecule has 2 N–H and O–H groups in total. The minimum atomic E-state index is 0.206. The maximum atomic E-state index is 11.4. The zero-order valence-corrected chi connectivity index (χ0v) is 20.0. The summed E-state index contributed by atoms with van der Waals surface area (Å²) in [6.07, 6.45) is 9.63. The fourth-order valence-electron chi connectivity index (χ4n) is 5.48. The minimum Gasteiger partial charge on any atom is -0.497 e. The molecular formula is C28H29N5O2. The molecule has 1 fully saturated rings. The van der Waals surface area contributed by atoms with Crippen molar-refractivity contribution >= 4 is 10.9 Å². The summed E-state index contributed by atoms with van der Waals surface area (Å²) in [5.41, 5.74) is 5.66. The predicted molar refractivity (Wildman–Crippen MR) is 137 cm³/mol. The molecule has 0 amide bonds. The van der Waals surface area contributed by atoms with Crippen molar-refractivity contribution < 1.29 is 9.84 Å². The number of fused-ring (bicyclic) bond motifs is 1. The van der Waals surface area contributed by atoms with Gasteiger partial charge in [-0.05, 0) is 61.4 Å². The van der Waals surface area contributed by atoms with E-state index in [4.69, 9.17) is 4.74 Å². The van der Waals surface area contributed by atoms with Gasteiger partial charge in [-0.2, -0.15) is 5.10 Å². The molecule has 1 aliphatic carbocycles. The van der Waals surface area contributed by atoms with E-state index in [9.17, 15) is 5.11 Å². The molecule has 2 aromatic carbocycles. The molecule has 5 aromatic rings. The average molecular weight is 468 g/mol. The molecule has 0 atom stereocenters. The van der Waals surface area contributed by atoms with E-state index in [2.05, 4.69) is 39.4 Å². The number of hydrogen-bond acceptors (Lipinski definition) is 4. The number of aromatic nitrogens is 5. The van der Waals surface area contributed by atoms with Gasteiger partial charge in [0.05, 0.1) is 12.5 Å². The first-order chi connectivity index (χ1) is 17.2. The highest BCUT2D eigenvalue weighted by Gasteiger charge is 2.30. The fraction of sp³-hybridized carbons (Fsp3) is 0.286. The minimum absolute atomic E-state index is 0.206. The molecule has 3 aromatic heterocycles. The number of ether oxygens (including phenoxy) is 1. The predicted octanol–water partition coefficient (Wildman–Crippen LogP) is 6.18. The van der Waals surface area contributed by atoms with Gasteiger partial charge in [0.2, 0.25) is 5.88 Å². The highest BCUT2D eigenvalue weighted by Crippen LogP contribution is 2.46. The smallest absolute Gasteiger partial charge is 0.222 e. The van der Waals surface area contributed by atoms with Crippen molar-refractivity contribution in [3.8, 4) is 40.0 Å². The Balaban J connectivity index is 1.53. The van der Waals surface area contributed by atoms with E-state index in [1.54, 1.807) is 13.3 Å². The standard InChI is InChI=1S/C28H29N5O2/c1-32-17-16-29-27(32)20-8-12-21(13-9-20)33-26(19-6-4-3-5-7-19)23-24(30-31-25(23)28(33)34)18-10-14-22(35-2)15-11-18/h8-17,19,31,34H,3-7H2,1-2H3. The third-order valence-corrected chi connectivity index (χ3v) is 7.26. The number of nitrogens with zero attached hydrogens (tertiary/aromatic N) is 4. The summed E-state index contributed by atoms with van der Waals surface area (Å²) in [6.45, 7) is 0. The molecule has 0 bridgehead atoms. The lowest BCUT2D eigenvalue weighted by Gasteiger charge is -2.24. The van der Waals surface area contributed by atoms with Crippen molar-refractivity contribution in [1.82, 2.24) is 24.3 Å². The van der Waals surface area contributed by atoms with Crippen LogP contribution in [0.3, 0.4) is 0 Å². The van der Waals surface area contributed by atoms with Gasteiger partial charge < -0.3 is 14.4 Å². The lowest BCUT2D eigenvalue weighted by molar-refractivity contribution is 0.414. The third-order valence-electron chi connectivity index (χ3n) is 7.26. The van der Waals surface area contributed by atoms with E-state index in [0.29, 0.717) is 11.4 Å². The van der Waals surface area contributed by atoms with E-state index in [0.717, 1.165) is 58.0 Å². The summed E-state index contributed by atoms with van der Waals surface area (Å²) in [5.74, 6) is 2.29. The maximum Gasteiger partial charge on any atom is 0.222 e. The Kier molecular flexibility index (Phi) is 5.32. The van der Waals surface area contributed by atoms with Gasteiger partial charge in [-0.3, -0.25) is 9.67 Å². The molecule has 7 heteroatoms. The van der Waals surface area contributed by atoms with Crippen LogP contribution in [-0.4, -0.2) is 36.5 Å². The number of hydrogen-bond donors (Lipinski definition) is 2. The van der Waals surface area contributed by atoms with Crippen LogP contribution in [0.4, 0.5) is 0 Å². The van der Waals surface area contributed by atoms with Gasteiger partial charge in [-0.1, -0.05) is 19.3 Å². The van der Waals surface area contributed by atoms with E-state index in [1.165, 1.54) is 19.3 Å². The van der Waals surface area contributed by atoms with Crippen molar-refractivity contribution in [2.75, 3.05) is 7.11 Å². The van der Waals surface area contributed by atoms with Crippen LogP contribution in [0.25, 0.3) is 39.2 Å². The van der Waals surface area contributed by atoms with Gasteiger partial charge in [0.25, 0.3) is 0 Å². The molecule has 7 nitrogen and oxygen atoms in total. The zero-order valence-electron chi connectivity index (χ0n) is 20.0. The molecule has 6 rings (SSSR count). The van der Waals surface area contributed by atoms with E-state index in [-0.39, 0.29) is 5.88 Å². The van der Waals surface area contributed by atoms with Crippen LogP contribution in [0.2, 0.25) is 0 Å². The number of benzene rings is 2. The maximum absolute atomic E-state index is 11.4. The van der Waals surface area contributed by atoms with Crippen molar-refractivity contribution in [3.05, 3.63) is 66.6 Å². The number of aryl methyl sites for hydroxylation is 1. The monoisotopic (exact) mass is 467 g/mol. The molecule has 178 valence electrons. The zero-order chi connectivity index (χ0) is 23.9. The topological polar surface area (TPSA) is 80.9 Å². The van der Waals surface area contributed by atoms with Gasteiger partial charge in [-0.25, -0.2) is 4.98 Å². The molecular weight excluding hydrogens is 438 g/mol. The first-order valence-corrected chi connectivity index (χ1v) is 12.2. The first-order valence-electron chi connectivity index (χ1n) is 12.2. The Morgan fingerprint density at radius 3 is 2.34 bits per heavy atom. The van der Waals surface area contributed by atoms with Crippen LogP contribution in [-0.2, 0) is 7.05 Å². The Hall–Kier alpha value is -4.00. The first kappa shape index (κ1) is 21.5. The van der Waals surface area contributed by atoms with E-state index < -0.39 is 0 Å². The summed E-state index contributed by atoms with van der Waals surface area (Å²) in [4.78, 5) is 4.47. The Morgan fingerprint density at radius 2 is 1.69 bits per heavy atom. The second-order valence-corrected chi connectivity index (χ2v) is 9.34. The summed E-state index contributed by atoms with van der Waals surface area (Å²) in [5, 5.41) is 20.2. The summed E-state index contributed by atoms with van der Waals surface area (Å²) in [6, 6.07) is 16.2. The van der Waals surface area contributed by atoms with Gasteiger partial charge in [0.1, 0.15) is 22.8 Å². The number of aromatic hydroxyl groups is 1. The number of H-pyrrole nitrogens is 1. The van der Waals surface area contributed by atoms with Crippen LogP contribution in [0, 0.1) is 0 Å². The Labute approximate surface area is 204 Å². The van der Waals surface area contributed by atoms with Crippen molar-refractivity contribution in [1.29, 1.82) is 0 Å². The largest absolute Gasteiger partial charge is 0.497 e. The second kappa shape index (κ2) is 8.65. The third kappa shape index (κ3) is 3.58. The number of nitrogens with one attached hydrogen (secondary N) is 1. The quantitative estimate of drug-likeness (QED) is 0.323. The Bertz CT molecular complexity index is 1470. The summed E-state index contributed by atoms with van der Waals surface area (Å²) >= 11 is 0. The molecule has 1 aliphatic rings. The highest BCUT2D eigenvalue weighted by molar-refractivity contribution is 5.99. The SMILES string of the molecule is COc1ccc(-c2n[nH]c3c(O)n(-c4ccc(-c5nccn5C)cc4)c(C4CCCCC4)c23)cc1. The summed E-state index contributed by atoms with van der Waals surface area (Å²) in [7, 11) is 3.66. The molecule has 0 aliphatic heterocycles. The molecule has 35 heavy (non-hydrogen) atoms. The normalized spacial score (nSPS) is 14.6. The highest BCUT2D eigenvalue weighted by atomic mass is 16.5. The molecule has 0 spiro atoms. The van der Waals surface area contributed by atoms with Crippen LogP contribution in [0.5, 0.6) is 11.6 Å². The van der Waals surface area contributed by atoms with Crippen molar-refractivity contribution in [3.63, 3.8) is 0 Å². The van der Waals surface area contributed by atoms with Gasteiger partial charge >= 0.3 is 0 Å². The van der Waals surface area contributed by atoms with E-state index >= 15 is 0 Å². The van der Waals surface area contributed by atoms with Crippen LogP contribution in [0.1, 0.15) is 43.7 Å². The summed E-state index contributed by atoms with van der Waals surface area (Å²) < 4.78 is 9.37. The molecule has 0 saturated heterocycles. The number of rotatable bonds is 5. The average Bonchev–Trinajstić information content (AvgIpc) is 3.60. The van der Waals surface area contributed by atoms with Crippen LogP contribution in [0.15, 0.2) is 60.9 Å². The molecule has 0 radical (unpaired) electrons. The number of aromatic amines is 1.